The maximum absolute atomic E-state index is 12.3. The molecular weight excluding hydrogens is 434 g/mol. The lowest BCUT2D eigenvalue weighted by molar-refractivity contribution is -0.153. The molecule has 0 saturated heterocycles. The standard InChI is InChI=1S/C16H24F3N3O.HI/c1-11(2)12(3)22-15(20-4)21-9-13-7-5-6-8-14(13)23-10-16(17,18)19;/h5-8,11-12H,9-10H2,1-4H3,(H2,20,21,22);1H. The second kappa shape index (κ2) is 10.6. The van der Waals surface area contributed by atoms with Crippen LogP contribution in [0.5, 0.6) is 5.75 Å². The van der Waals surface area contributed by atoms with Crippen molar-refractivity contribution in [2.75, 3.05) is 13.7 Å². The summed E-state index contributed by atoms with van der Waals surface area (Å²) in [6, 6.07) is 6.86. The van der Waals surface area contributed by atoms with Crippen molar-refractivity contribution in [2.24, 2.45) is 10.9 Å². The smallest absolute Gasteiger partial charge is 0.422 e. The van der Waals surface area contributed by atoms with Crippen LogP contribution >= 0.6 is 24.0 Å². The van der Waals surface area contributed by atoms with Crippen LogP contribution in [0.15, 0.2) is 29.3 Å². The minimum absolute atomic E-state index is 0. The molecule has 1 aromatic rings. The van der Waals surface area contributed by atoms with Crippen molar-refractivity contribution in [3.8, 4) is 5.75 Å². The Morgan fingerprint density at radius 1 is 1.21 bits per heavy atom. The van der Waals surface area contributed by atoms with Crippen molar-refractivity contribution in [3.05, 3.63) is 29.8 Å². The molecule has 0 amide bonds. The molecule has 0 heterocycles. The number of alkyl halides is 3. The first-order valence-electron chi connectivity index (χ1n) is 7.47. The number of nitrogens with one attached hydrogen (secondary N) is 2. The van der Waals surface area contributed by atoms with Crippen molar-refractivity contribution in [2.45, 2.75) is 39.5 Å². The summed E-state index contributed by atoms with van der Waals surface area (Å²) in [4.78, 5) is 4.11. The van der Waals surface area contributed by atoms with Crippen molar-refractivity contribution < 1.29 is 17.9 Å². The Labute approximate surface area is 158 Å². The van der Waals surface area contributed by atoms with Gasteiger partial charge in [-0.1, -0.05) is 32.0 Å². The van der Waals surface area contributed by atoms with Gasteiger partial charge in [0.25, 0.3) is 0 Å². The van der Waals surface area contributed by atoms with Gasteiger partial charge in [-0.25, -0.2) is 0 Å². The topological polar surface area (TPSA) is 45.7 Å². The van der Waals surface area contributed by atoms with Crippen molar-refractivity contribution in [1.82, 2.24) is 10.6 Å². The fraction of sp³-hybridized carbons (Fsp3) is 0.562. The summed E-state index contributed by atoms with van der Waals surface area (Å²) in [5, 5.41) is 6.32. The van der Waals surface area contributed by atoms with Crippen LogP contribution in [-0.4, -0.2) is 31.8 Å². The van der Waals surface area contributed by atoms with Gasteiger partial charge in [0.15, 0.2) is 12.6 Å². The Morgan fingerprint density at radius 3 is 2.38 bits per heavy atom. The van der Waals surface area contributed by atoms with Crippen LogP contribution in [0.2, 0.25) is 0 Å². The molecule has 0 bridgehead atoms. The van der Waals surface area contributed by atoms with Gasteiger partial charge in [-0.15, -0.1) is 24.0 Å². The number of rotatable bonds is 6. The summed E-state index contributed by atoms with van der Waals surface area (Å²) in [6.07, 6.45) is -4.36. The first-order valence-corrected chi connectivity index (χ1v) is 7.47. The monoisotopic (exact) mass is 459 g/mol. The van der Waals surface area contributed by atoms with Crippen LogP contribution in [0, 0.1) is 5.92 Å². The van der Waals surface area contributed by atoms with E-state index in [-0.39, 0.29) is 35.8 Å². The van der Waals surface area contributed by atoms with Gasteiger partial charge in [-0.2, -0.15) is 13.2 Å². The number of ether oxygens (including phenoxy) is 1. The Kier molecular flexibility index (Phi) is 10.1. The van der Waals surface area contributed by atoms with Crippen LogP contribution in [0.3, 0.4) is 0 Å². The second-order valence-corrected chi connectivity index (χ2v) is 5.61. The molecule has 0 saturated carbocycles. The number of aliphatic imine (C=N–C) groups is 1. The average molecular weight is 459 g/mol. The predicted octanol–water partition coefficient (Wildman–Crippen LogP) is 3.96. The van der Waals surface area contributed by atoms with E-state index in [0.717, 1.165) is 0 Å². The van der Waals surface area contributed by atoms with E-state index in [4.69, 9.17) is 4.74 Å². The number of nitrogens with zero attached hydrogens (tertiary/aromatic N) is 1. The van der Waals surface area contributed by atoms with Crippen LogP contribution in [0.4, 0.5) is 13.2 Å². The number of hydrogen-bond donors (Lipinski definition) is 2. The molecular formula is C16H25F3IN3O. The summed E-state index contributed by atoms with van der Waals surface area (Å²) in [5.41, 5.74) is 0.636. The largest absolute Gasteiger partial charge is 0.484 e. The molecule has 4 nitrogen and oxygen atoms in total. The lowest BCUT2D eigenvalue weighted by Crippen LogP contribution is -2.43. The SMILES string of the molecule is CN=C(NCc1ccccc1OCC(F)(F)F)NC(C)C(C)C.I. The average Bonchev–Trinajstić information content (AvgIpc) is 2.49. The normalized spacial score (nSPS) is 13.2. The molecule has 8 heteroatoms. The number of hydrogen-bond acceptors (Lipinski definition) is 2. The van der Waals surface area contributed by atoms with E-state index < -0.39 is 12.8 Å². The van der Waals surface area contributed by atoms with Crippen molar-refractivity contribution in [3.63, 3.8) is 0 Å². The summed E-state index contributed by atoms with van der Waals surface area (Å²) in [5.74, 6) is 1.23. The highest BCUT2D eigenvalue weighted by atomic mass is 127. The van der Waals surface area contributed by atoms with E-state index in [1.54, 1.807) is 25.2 Å². The zero-order valence-electron chi connectivity index (χ0n) is 14.3. The van der Waals surface area contributed by atoms with E-state index in [2.05, 4.69) is 29.5 Å². The number of benzene rings is 1. The summed E-state index contributed by atoms with van der Waals surface area (Å²) in [7, 11) is 1.65. The third-order valence-corrected chi connectivity index (χ3v) is 3.40. The molecule has 0 aliphatic heterocycles. The summed E-state index contributed by atoms with van der Waals surface area (Å²) < 4.78 is 41.7. The number of guanidine groups is 1. The Bertz CT molecular complexity index is 522. The molecule has 0 fully saturated rings. The third kappa shape index (κ3) is 8.60. The molecule has 1 unspecified atom stereocenters. The third-order valence-electron chi connectivity index (χ3n) is 3.40. The number of para-hydroxylation sites is 1. The van der Waals surface area contributed by atoms with Gasteiger partial charge in [0, 0.05) is 25.2 Å². The van der Waals surface area contributed by atoms with Crippen LogP contribution in [0.25, 0.3) is 0 Å². The van der Waals surface area contributed by atoms with E-state index in [9.17, 15) is 13.2 Å². The van der Waals surface area contributed by atoms with Gasteiger partial charge in [0.2, 0.25) is 0 Å². The molecule has 1 rings (SSSR count). The van der Waals surface area contributed by atoms with Gasteiger partial charge < -0.3 is 15.4 Å². The van der Waals surface area contributed by atoms with E-state index in [1.807, 2.05) is 6.92 Å². The molecule has 1 aromatic carbocycles. The zero-order chi connectivity index (χ0) is 17.5. The molecule has 0 aliphatic rings. The van der Waals surface area contributed by atoms with Gasteiger partial charge in [-0.3, -0.25) is 4.99 Å². The molecule has 0 aliphatic carbocycles. The van der Waals surface area contributed by atoms with Gasteiger partial charge in [0.05, 0.1) is 0 Å². The van der Waals surface area contributed by atoms with Crippen LogP contribution in [-0.2, 0) is 6.54 Å². The molecule has 0 spiro atoms. The first kappa shape index (κ1) is 22.8. The van der Waals surface area contributed by atoms with Crippen molar-refractivity contribution >= 4 is 29.9 Å². The fourth-order valence-corrected chi connectivity index (χ4v) is 1.71. The molecule has 1 atom stereocenters. The first-order chi connectivity index (χ1) is 10.7. The maximum Gasteiger partial charge on any atom is 0.422 e. The van der Waals surface area contributed by atoms with Crippen molar-refractivity contribution in [1.29, 1.82) is 0 Å². The minimum atomic E-state index is -4.36. The lowest BCUT2D eigenvalue weighted by atomic mass is 10.1. The maximum atomic E-state index is 12.3. The highest BCUT2D eigenvalue weighted by Crippen LogP contribution is 2.22. The Balaban J connectivity index is 0.00000529. The lowest BCUT2D eigenvalue weighted by Gasteiger charge is -2.21. The van der Waals surface area contributed by atoms with E-state index >= 15 is 0 Å². The molecule has 0 radical (unpaired) electrons. The molecule has 24 heavy (non-hydrogen) atoms. The second-order valence-electron chi connectivity index (χ2n) is 5.61. The fourth-order valence-electron chi connectivity index (χ4n) is 1.71. The minimum Gasteiger partial charge on any atom is -0.484 e. The number of halogens is 4. The Hall–Kier alpha value is -1.19. The highest BCUT2D eigenvalue weighted by Gasteiger charge is 2.28. The predicted molar refractivity (Wildman–Crippen MR) is 101 cm³/mol. The van der Waals surface area contributed by atoms with Crippen LogP contribution < -0.4 is 15.4 Å². The molecule has 0 aromatic heterocycles. The quantitative estimate of drug-likeness (QED) is 0.385. The molecule has 2 N–H and O–H groups in total. The zero-order valence-corrected chi connectivity index (χ0v) is 16.6. The van der Waals surface area contributed by atoms with Gasteiger partial charge >= 0.3 is 6.18 Å². The van der Waals surface area contributed by atoms with Gasteiger partial charge in [0.1, 0.15) is 5.75 Å². The van der Waals surface area contributed by atoms with Crippen LogP contribution in [0.1, 0.15) is 26.3 Å². The van der Waals surface area contributed by atoms with E-state index in [0.29, 0.717) is 24.0 Å². The Morgan fingerprint density at radius 2 is 1.83 bits per heavy atom. The van der Waals surface area contributed by atoms with E-state index in [1.165, 1.54) is 6.07 Å². The summed E-state index contributed by atoms with van der Waals surface area (Å²) >= 11 is 0. The molecule has 138 valence electrons. The summed E-state index contributed by atoms with van der Waals surface area (Å²) in [6.45, 7) is 5.23. The highest BCUT2D eigenvalue weighted by molar-refractivity contribution is 14.0. The van der Waals surface area contributed by atoms with Gasteiger partial charge in [-0.05, 0) is 18.9 Å².